The van der Waals surface area contributed by atoms with Gasteiger partial charge in [0.1, 0.15) is 11.6 Å². The first-order valence-corrected chi connectivity index (χ1v) is 4.01. The molecule has 0 saturated carbocycles. The molecule has 1 aromatic carbocycles. The van der Waals surface area contributed by atoms with Crippen molar-refractivity contribution in [1.29, 1.82) is 0 Å². The van der Waals surface area contributed by atoms with Crippen LogP contribution in [0, 0.1) is 5.82 Å². The summed E-state index contributed by atoms with van der Waals surface area (Å²) in [6.45, 7) is 0. The van der Waals surface area contributed by atoms with Crippen LogP contribution in [0.15, 0.2) is 24.4 Å². The van der Waals surface area contributed by atoms with E-state index in [1.54, 1.807) is 19.2 Å². The first-order valence-electron chi connectivity index (χ1n) is 4.01. The van der Waals surface area contributed by atoms with Crippen LogP contribution in [0.2, 0.25) is 0 Å². The Morgan fingerprint density at radius 2 is 2.08 bits per heavy atom. The predicted molar refractivity (Wildman–Crippen MR) is 49.4 cm³/mol. The van der Waals surface area contributed by atoms with Crippen molar-refractivity contribution in [2.45, 2.75) is 0 Å². The maximum Gasteiger partial charge on any atom is 0.143 e. The summed E-state index contributed by atoms with van der Waals surface area (Å²) in [4.78, 5) is 0. The molecule has 68 valence electrons. The summed E-state index contributed by atoms with van der Waals surface area (Å²) in [6, 6.07) is 4.80. The van der Waals surface area contributed by atoms with Crippen LogP contribution in [0.4, 0.5) is 4.39 Å². The van der Waals surface area contributed by atoms with Crippen molar-refractivity contribution >= 4 is 10.9 Å². The lowest BCUT2D eigenvalue weighted by atomic mass is 10.2. The second-order valence-electron chi connectivity index (χ2n) is 2.94. The van der Waals surface area contributed by atoms with Crippen LogP contribution in [0.3, 0.4) is 0 Å². The highest BCUT2D eigenvalue weighted by Gasteiger charge is 2.08. The van der Waals surface area contributed by atoms with Crippen LogP contribution < -0.4 is 4.74 Å². The molecule has 0 fully saturated rings. The van der Waals surface area contributed by atoms with Gasteiger partial charge < -0.3 is 9.30 Å². The zero-order valence-corrected chi connectivity index (χ0v) is 7.54. The van der Waals surface area contributed by atoms with Gasteiger partial charge in [-0.2, -0.15) is 0 Å². The van der Waals surface area contributed by atoms with Gasteiger partial charge in [-0.15, -0.1) is 0 Å². The van der Waals surface area contributed by atoms with E-state index in [1.165, 1.54) is 6.07 Å². The number of methoxy groups -OCH3 is 1. The SMILES string of the molecule is COc1ccc(F)c2ccn(C)c12. The number of aryl methyl sites for hydroxylation is 1. The number of ether oxygens (including phenoxy) is 1. The second-order valence-corrected chi connectivity index (χ2v) is 2.94. The van der Waals surface area contributed by atoms with E-state index >= 15 is 0 Å². The fourth-order valence-electron chi connectivity index (χ4n) is 1.51. The maximum absolute atomic E-state index is 13.2. The normalized spacial score (nSPS) is 10.7. The van der Waals surface area contributed by atoms with Gasteiger partial charge in [-0.3, -0.25) is 0 Å². The largest absolute Gasteiger partial charge is 0.495 e. The molecule has 0 aliphatic carbocycles. The highest BCUT2D eigenvalue weighted by atomic mass is 19.1. The molecule has 0 N–H and O–H groups in total. The Bertz CT molecular complexity index is 447. The molecule has 0 aliphatic heterocycles. The van der Waals surface area contributed by atoms with Crippen LogP contribution in [-0.4, -0.2) is 11.7 Å². The van der Waals surface area contributed by atoms with Crippen molar-refractivity contribution in [3.05, 3.63) is 30.2 Å². The number of benzene rings is 1. The quantitative estimate of drug-likeness (QED) is 0.655. The zero-order chi connectivity index (χ0) is 9.42. The molecule has 0 atom stereocenters. The number of hydrogen-bond acceptors (Lipinski definition) is 1. The number of halogens is 1. The summed E-state index contributed by atoms with van der Waals surface area (Å²) in [7, 11) is 3.45. The van der Waals surface area contributed by atoms with E-state index in [1.807, 2.05) is 17.8 Å². The molecular weight excluding hydrogens is 169 g/mol. The van der Waals surface area contributed by atoms with Crippen LogP contribution >= 0.6 is 0 Å². The minimum Gasteiger partial charge on any atom is -0.495 e. The molecule has 0 amide bonds. The summed E-state index contributed by atoms with van der Waals surface area (Å²) in [5.41, 5.74) is 0.794. The maximum atomic E-state index is 13.2. The summed E-state index contributed by atoms with van der Waals surface area (Å²) >= 11 is 0. The van der Waals surface area contributed by atoms with Crippen LogP contribution in [-0.2, 0) is 7.05 Å². The first kappa shape index (κ1) is 8.10. The molecule has 2 aromatic rings. The number of nitrogens with zero attached hydrogens (tertiary/aromatic N) is 1. The standard InChI is InChI=1S/C10H10FNO/c1-12-6-5-7-8(11)3-4-9(13-2)10(7)12/h3-6H,1-2H3. The Labute approximate surface area is 75.5 Å². The smallest absolute Gasteiger partial charge is 0.143 e. The van der Waals surface area contributed by atoms with Crippen LogP contribution in [0.1, 0.15) is 0 Å². The lowest BCUT2D eigenvalue weighted by Gasteiger charge is -2.04. The lowest BCUT2D eigenvalue weighted by Crippen LogP contribution is -1.91. The summed E-state index contributed by atoms with van der Waals surface area (Å²) in [5.74, 6) is 0.486. The third-order valence-electron chi connectivity index (χ3n) is 2.16. The van der Waals surface area contributed by atoms with Gasteiger partial charge in [0.25, 0.3) is 0 Å². The number of hydrogen-bond donors (Lipinski definition) is 0. The van der Waals surface area contributed by atoms with E-state index in [2.05, 4.69) is 0 Å². The van der Waals surface area contributed by atoms with Gasteiger partial charge in [-0.25, -0.2) is 4.39 Å². The molecule has 0 radical (unpaired) electrons. The van der Waals surface area contributed by atoms with Crippen LogP contribution in [0.25, 0.3) is 10.9 Å². The van der Waals surface area contributed by atoms with Crippen molar-refractivity contribution in [2.24, 2.45) is 7.05 Å². The third-order valence-corrected chi connectivity index (χ3v) is 2.16. The van der Waals surface area contributed by atoms with Crippen molar-refractivity contribution in [3.8, 4) is 5.75 Å². The molecule has 1 heterocycles. The Morgan fingerprint density at radius 3 is 2.77 bits per heavy atom. The van der Waals surface area contributed by atoms with Gasteiger partial charge in [-0.1, -0.05) is 0 Å². The van der Waals surface area contributed by atoms with Gasteiger partial charge in [0.05, 0.1) is 12.6 Å². The number of fused-ring (bicyclic) bond motifs is 1. The highest BCUT2D eigenvalue weighted by Crippen LogP contribution is 2.27. The molecular formula is C10H10FNO. The van der Waals surface area contributed by atoms with E-state index in [9.17, 15) is 4.39 Å². The zero-order valence-electron chi connectivity index (χ0n) is 7.54. The Morgan fingerprint density at radius 1 is 1.31 bits per heavy atom. The average Bonchev–Trinajstić information content (AvgIpc) is 2.51. The Hall–Kier alpha value is -1.51. The molecule has 0 spiro atoms. The van der Waals surface area contributed by atoms with Gasteiger partial charge in [0.15, 0.2) is 0 Å². The van der Waals surface area contributed by atoms with Gasteiger partial charge in [0.2, 0.25) is 0 Å². The predicted octanol–water partition coefficient (Wildman–Crippen LogP) is 2.33. The highest BCUT2D eigenvalue weighted by molar-refractivity contribution is 5.86. The topological polar surface area (TPSA) is 14.2 Å². The molecule has 0 aliphatic rings. The van der Waals surface area contributed by atoms with E-state index in [-0.39, 0.29) is 5.82 Å². The van der Waals surface area contributed by atoms with Crippen molar-refractivity contribution in [3.63, 3.8) is 0 Å². The van der Waals surface area contributed by atoms with Crippen molar-refractivity contribution < 1.29 is 9.13 Å². The van der Waals surface area contributed by atoms with E-state index in [4.69, 9.17) is 4.74 Å². The Kier molecular flexibility index (Phi) is 1.72. The van der Waals surface area contributed by atoms with Crippen molar-refractivity contribution in [2.75, 3.05) is 7.11 Å². The lowest BCUT2D eigenvalue weighted by molar-refractivity contribution is 0.417. The molecule has 2 rings (SSSR count). The van der Waals surface area contributed by atoms with Gasteiger partial charge >= 0.3 is 0 Å². The van der Waals surface area contributed by atoms with Gasteiger partial charge in [0, 0.05) is 18.6 Å². The van der Waals surface area contributed by atoms with E-state index in [0.29, 0.717) is 11.1 Å². The van der Waals surface area contributed by atoms with E-state index in [0.717, 1.165) is 5.52 Å². The molecule has 0 unspecified atom stereocenters. The molecule has 13 heavy (non-hydrogen) atoms. The number of rotatable bonds is 1. The Balaban J connectivity index is 2.88. The second kappa shape index (κ2) is 2.76. The fraction of sp³-hybridized carbons (Fsp3) is 0.200. The van der Waals surface area contributed by atoms with Crippen molar-refractivity contribution in [1.82, 2.24) is 4.57 Å². The minimum atomic E-state index is -0.212. The molecule has 2 nitrogen and oxygen atoms in total. The average molecular weight is 179 g/mol. The monoisotopic (exact) mass is 179 g/mol. The number of aromatic nitrogens is 1. The molecule has 0 saturated heterocycles. The van der Waals surface area contributed by atoms with Gasteiger partial charge in [-0.05, 0) is 18.2 Å². The van der Waals surface area contributed by atoms with Crippen LogP contribution in [0.5, 0.6) is 5.75 Å². The minimum absolute atomic E-state index is 0.212. The first-order chi connectivity index (χ1) is 6.24. The summed E-state index contributed by atoms with van der Waals surface area (Å²) in [6.07, 6.45) is 1.82. The summed E-state index contributed by atoms with van der Waals surface area (Å²) in [5, 5.41) is 0.599. The molecule has 3 heteroatoms. The molecule has 0 bridgehead atoms. The van der Waals surface area contributed by atoms with E-state index < -0.39 is 0 Å². The third kappa shape index (κ3) is 1.08. The molecule has 1 aromatic heterocycles. The summed E-state index contributed by atoms with van der Waals surface area (Å²) < 4.78 is 20.2. The fourth-order valence-corrected chi connectivity index (χ4v) is 1.51.